The molecule has 1 aliphatic carbocycles. The van der Waals surface area contributed by atoms with E-state index >= 15 is 0 Å². The van der Waals surface area contributed by atoms with Crippen LogP contribution in [0.1, 0.15) is 37.2 Å². The van der Waals surface area contributed by atoms with E-state index in [1.165, 1.54) is 18.4 Å². The van der Waals surface area contributed by atoms with Crippen molar-refractivity contribution in [2.75, 3.05) is 19.6 Å². The Bertz CT molecular complexity index is 503. The molecule has 3 rings (SSSR count). The van der Waals surface area contributed by atoms with E-state index in [4.69, 9.17) is 11.6 Å². The topological polar surface area (TPSA) is 41.1 Å². The van der Waals surface area contributed by atoms with Crippen LogP contribution < -0.4 is 10.6 Å². The summed E-state index contributed by atoms with van der Waals surface area (Å²) in [5, 5.41) is 7.28. The Balaban J connectivity index is 0.00000176. The minimum atomic E-state index is 0. The van der Waals surface area contributed by atoms with Gasteiger partial charge < -0.3 is 10.6 Å². The molecule has 1 amide bonds. The van der Waals surface area contributed by atoms with Gasteiger partial charge in [-0.2, -0.15) is 0 Å². The van der Waals surface area contributed by atoms with Gasteiger partial charge in [-0.25, -0.2) is 0 Å². The van der Waals surface area contributed by atoms with Crippen LogP contribution in [0.25, 0.3) is 0 Å². The average Bonchev–Trinajstić information content (AvgIpc) is 3.29. The third-order valence-electron chi connectivity index (χ3n) is 4.65. The molecule has 1 aromatic carbocycles. The van der Waals surface area contributed by atoms with Crippen LogP contribution in [0.15, 0.2) is 24.3 Å². The fourth-order valence-corrected chi connectivity index (χ4v) is 3.49. The number of amides is 1. The Morgan fingerprint density at radius 3 is 3.00 bits per heavy atom. The number of hydrogen-bond donors (Lipinski definition) is 2. The van der Waals surface area contributed by atoms with Gasteiger partial charge in [0.1, 0.15) is 0 Å². The lowest BCUT2D eigenvalue weighted by atomic mass is 9.96. The summed E-state index contributed by atoms with van der Waals surface area (Å²) < 4.78 is 0. The number of halogens is 2. The lowest BCUT2D eigenvalue weighted by Crippen LogP contribution is -2.33. The second-order valence-corrected chi connectivity index (χ2v) is 6.73. The SMILES string of the molecule is Cl.O=C(NCCC1CCCNC1)C1CC1c1cccc(Cl)c1. The van der Waals surface area contributed by atoms with E-state index in [9.17, 15) is 4.79 Å². The van der Waals surface area contributed by atoms with Gasteiger partial charge in [-0.3, -0.25) is 4.79 Å². The van der Waals surface area contributed by atoms with E-state index in [2.05, 4.69) is 16.7 Å². The summed E-state index contributed by atoms with van der Waals surface area (Å²) in [5.41, 5.74) is 1.19. The molecule has 22 heavy (non-hydrogen) atoms. The van der Waals surface area contributed by atoms with Crippen molar-refractivity contribution in [3.05, 3.63) is 34.9 Å². The predicted octanol–water partition coefficient (Wildman–Crippen LogP) is 3.37. The maximum absolute atomic E-state index is 12.2. The van der Waals surface area contributed by atoms with Crippen LogP contribution in [-0.2, 0) is 4.79 Å². The first-order valence-corrected chi connectivity index (χ1v) is 8.36. The zero-order valence-electron chi connectivity index (χ0n) is 12.7. The summed E-state index contributed by atoms with van der Waals surface area (Å²) in [7, 11) is 0. The van der Waals surface area contributed by atoms with Crippen LogP contribution in [-0.4, -0.2) is 25.5 Å². The largest absolute Gasteiger partial charge is 0.356 e. The molecule has 5 heteroatoms. The van der Waals surface area contributed by atoms with Crippen molar-refractivity contribution in [2.24, 2.45) is 11.8 Å². The van der Waals surface area contributed by atoms with Crippen LogP contribution >= 0.6 is 24.0 Å². The first kappa shape index (κ1) is 17.6. The van der Waals surface area contributed by atoms with Crippen LogP contribution in [0.5, 0.6) is 0 Å². The third kappa shape index (κ3) is 4.61. The number of nitrogens with one attached hydrogen (secondary N) is 2. The van der Waals surface area contributed by atoms with Crippen LogP contribution in [0.4, 0.5) is 0 Å². The summed E-state index contributed by atoms with van der Waals surface area (Å²) >= 11 is 6.01. The second-order valence-electron chi connectivity index (χ2n) is 6.30. The van der Waals surface area contributed by atoms with Gasteiger partial charge >= 0.3 is 0 Å². The summed E-state index contributed by atoms with van der Waals surface area (Å²) in [6, 6.07) is 7.88. The zero-order chi connectivity index (χ0) is 14.7. The maximum Gasteiger partial charge on any atom is 0.223 e. The number of carbonyl (C=O) groups excluding carboxylic acids is 1. The van der Waals surface area contributed by atoms with Gasteiger partial charge in [0.2, 0.25) is 5.91 Å². The van der Waals surface area contributed by atoms with E-state index in [0.29, 0.717) is 5.92 Å². The van der Waals surface area contributed by atoms with Gasteiger partial charge in [-0.05, 0) is 68.3 Å². The van der Waals surface area contributed by atoms with E-state index in [1.807, 2.05) is 18.2 Å². The quantitative estimate of drug-likeness (QED) is 0.861. The Morgan fingerprint density at radius 2 is 2.27 bits per heavy atom. The maximum atomic E-state index is 12.2. The lowest BCUT2D eigenvalue weighted by molar-refractivity contribution is -0.122. The minimum Gasteiger partial charge on any atom is -0.356 e. The van der Waals surface area contributed by atoms with E-state index < -0.39 is 0 Å². The molecule has 3 unspecified atom stereocenters. The highest BCUT2D eigenvalue weighted by atomic mass is 35.5. The van der Waals surface area contributed by atoms with Gasteiger partial charge in [-0.1, -0.05) is 23.7 Å². The molecule has 0 bridgehead atoms. The Hall–Kier alpha value is -0.770. The van der Waals surface area contributed by atoms with Gasteiger partial charge in [0, 0.05) is 17.5 Å². The molecule has 1 saturated heterocycles. The molecule has 2 aliphatic rings. The van der Waals surface area contributed by atoms with Gasteiger partial charge in [-0.15, -0.1) is 12.4 Å². The first-order chi connectivity index (χ1) is 10.2. The first-order valence-electron chi connectivity index (χ1n) is 7.98. The Kier molecular flexibility index (Phi) is 6.54. The highest BCUT2D eigenvalue weighted by Gasteiger charge is 2.43. The van der Waals surface area contributed by atoms with Gasteiger partial charge in [0.25, 0.3) is 0 Å². The molecular weight excluding hydrogens is 319 g/mol. The van der Waals surface area contributed by atoms with Crippen molar-refractivity contribution in [1.82, 2.24) is 10.6 Å². The number of rotatable bonds is 5. The summed E-state index contributed by atoms with van der Waals surface area (Å²) in [4.78, 5) is 12.2. The van der Waals surface area contributed by atoms with Crippen molar-refractivity contribution < 1.29 is 4.79 Å². The molecule has 3 nitrogen and oxygen atoms in total. The van der Waals surface area contributed by atoms with Gasteiger partial charge in [0.15, 0.2) is 0 Å². The van der Waals surface area contributed by atoms with Crippen LogP contribution in [0.3, 0.4) is 0 Å². The molecule has 1 heterocycles. The van der Waals surface area contributed by atoms with Crippen molar-refractivity contribution in [3.8, 4) is 0 Å². The predicted molar refractivity (Wildman–Crippen MR) is 92.8 cm³/mol. The summed E-state index contributed by atoms with van der Waals surface area (Å²) in [5.74, 6) is 1.44. The van der Waals surface area contributed by atoms with Crippen molar-refractivity contribution >= 4 is 29.9 Å². The number of hydrogen-bond acceptors (Lipinski definition) is 2. The molecule has 0 aromatic heterocycles. The van der Waals surface area contributed by atoms with Crippen molar-refractivity contribution in [3.63, 3.8) is 0 Å². The van der Waals surface area contributed by atoms with Gasteiger partial charge in [0.05, 0.1) is 0 Å². The fraction of sp³-hybridized carbons (Fsp3) is 0.588. The minimum absolute atomic E-state index is 0. The Labute approximate surface area is 143 Å². The highest BCUT2D eigenvalue weighted by molar-refractivity contribution is 6.30. The lowest BCUT2D eigenvalue weighted by Gasteiger charge is -2.22. The number of carbonyl (C=O) groups is 1. The monoisotopic (exact) mass is 342 g/mol. The standard InChI is InChI=1S/C17H23ClN2O.ClH/c18-14-5-1-4-13(9-14)15-10-16(15)17(21)20-8-6-12-3-2-7-19-11-12;/h1,4-5,9,12,15-16,19H,2-3,6-8,10-11H2,(H,20,21);1H. The van der Waals surface area contributed by atoms with Crippen molar-refractivity contribution in [1.29, 1.82) is 0 Å². The van der Waals surface area contributed by atoms with Crippen LogP contribution in [0, 0.1) is 11.8 Å². The summed E-state index contributed by atoms with van der Waals surface area (Å²) in [6.07, 6.45) is 4.60. The smallest absolute Gasteiger partial charge is 0.223 e. The van der Waals surface area contributed by atoms with Crippen molar-refractivity contribution in [2.45, 2.75) is 31.6 Å². The zero-order valence-corrected chi connectivity index (χ0v) is 14.3. The second kappa shape index (κ2) is 8.19. The molecular formula is C17H24Cl2N2O. The molecule has 1 saturated carbocycles. The number of piperidine rings is 1. The summed E-state index contributed by atoms with van der Waals surface area (Å²) in [6.45, 7) is 3.06. The fourth-order valence-electron chi connectivity index (χ4n) is 3.29. The molecule has 0 radical (unpaired) electrons. The molecule has 0 spiro atoms. The van der Waals surface area contributed by atoms with E-state index in [1.54, 1.807) is 0 Å². The Morgan fingerprint density at radius 1 is 1.41 bits per heavy atom. The normalized spacial score (nSPS) is 26.9. The number of benzene rings is 1. The van der Waals surface area contributed by atoms with E-state index in [-0.39, 0.29) is 24.2 Å². The molecule has 1 aromatic rings. The molecule has 1 aliphatic heterocycles. The molecule has 2 N–H and O–H groups in total. The van der Waals surface area contributed by atoms with E-state index in [0.717, 1.165) is 43.4 Å². The molecule has 3 atom stereocenters. The molecule has 122 valence electrons. The third-order valence-corrected chi connectivity index (χ3v) is 4.89. The average molecular weight is 343 g/mol. The molecule has 2 fully saturated rings. The van der Waals surface area contributed by atoms with Crippen LogP contribution in [0.2, 0.25) is 5.02 Å². The highest BCUT2D eigenvalue weighted by Crippen LogP contribution is 2.47.